The topological polar surface area (TPSA) is 0 Å². The van der Waals surface area contributed by atoms with E-state index in [9.17, 15) is 0 Å². The van der Waals surface area contributed by atoms with Gasteiger partial charge in [-0.05, 0) is 30.2 Å². The molecule has 0 atom stereocenters. The van der Waals surface area contributed by atoms with Crippen molar-refractivity contribution in [3.8, 4) is 0 Å². The molecule has 1 rings (SSSR count). The molecule has 86 valence electrons. The van der Waals surface area contributed by atoms with Gasteiger partial charge in [0, 0.05) is 5.02 Å². The van der Waals surface area contributed by atoms with E-state index in [2.05, 4.69) is 13.2 Å². The van der Waals surface area contributed by atoms with Crippen LogP contribution in [0.4, 0.5) is 0 Å². The van der Waals surface area contributed by atoms with Crippen molar-refractivity contribution in [1.29, 1.82) is 0 Å². The highest BCUT2D eigenvalue weighted by Gasteiger charge is 1.94. The summed E-state index contributed by atoms with van der Waals surface area (Å²) in [7, 11) is 0. The lowest BCUT2D eigenvalue weighted by molar-refractivity contribution is 1.50. The number of hydrogen-bond donors (Lipinski definition) is 0. The Balaban J connectivity index is 0.00000106. The van der Waals surface area contributed by atoms with Crippen molar-refractivity contribution in [3.63, 3.8) is 0 Å². The van der Waals surface area contributed by atoms with E-state index in [-0.39, 0.29) is 0 Å². The summed E-state index contributed by atoms with van der Waals surface area (Å²) >= 11 is 5.78. The van der Waals surface area contributed by atoms with Crippen LogP contribution >= 0.6 is 11.6 Å². The number of halogens is 1. The molecule has 0 saturated carbocycles. The molecule has 1 aromatic carbocycles. The third kappa shape index (κ3) is 5.57. The van der Waals surface area contributed by atoms with Gasteiger partial charge in [0.1, 0.15) is 0 Å². The summed E-state index contributed by atoms with van der Waals surface area (Å²) < 4.78 is 0. The first-order valence-electron chi connectivity index (χ1n) is 5.38. The Morgan fingerprint density at radius 3 is 2.00 bits per heavy atom. The van der Waals surface area contributed by atoms with Crippen LogP contribution in [0.15, 0.2) is 55.1 Å². The van der Waals surface area contributed by atoms with Gasteiger partial charge in [0.2, 0.25) is 0 Å². The molecular formula is C15H19Cl. The summed E-state index contributed by atoms with van der Waals surface area (Å²) in [6.07, 6.45) is 3.89. The average Bonchev–Trinajstić information content (AvgIpc) is 2.29. The molecule has 0 nitrogen and oxygen atoms in total. The monoisotopic (exact) mass is 234 g/mol. The summed E-state index contributed by atoms with van der Waals surface area (Å²) in [4.78, 5) is 0. The predicted molar refractivity (Wildman–Crippen MR) is 75.8 cm³/mol. The first-order valence-corrected chi connectivity index (χ1v) is 5.76. The smallest absolute Gasteiger partial charge is 0.0406 e. The lowest BCUT2D eigenvalue weighted by Gasteiger charge is -2.00. The van der Waals surface area contributed by atoms with E-state index < -0.39 is 0 Å². The lowest BCUT2D eigenvalue weighted by atomic mass is 10.1. The van der Waals surface area contributed by atoms with E-state index in [1.54, 1.807) is 0 Å². The molecule has 0 spiro atoms. The molecule has 0 bridgehead atoms. The van der Waals surface area contributed by atoms with Crippen molar-refractivity contribution in [3.05, 3.63) is 65.7 Å². The third-order valence-electron chi connectivity index (χ3n) is 1.78. The quantitative estimate of drug-likeness (QED) is 0.605. The fourth-order valence-corrected chi connectivity index (χ4v) is 1.13. The summed E-state index contributed by atoms with van der Waals surface area (Å²) in [6, 6.07) is 7.62. The van der Waals surface area contributed by atoms with Crippen molar-refractivity contribution in [1.82, 2.24) is 0 Å². The number of allylic oxidation sites excluding steroid dienone is 4. The van der Waals surface area contributed by atoms with Crippen molar-refractivity contribution >= 4 is 17.2 Å². The van der Waals surface area contributed by atoms with Crippen LogP contribution < -0.4 is 0 Å². The molecule has 0 N–H and O–H groups in total. The zero-order valence-corrected chi connectivity index (χ0v) is 11.0. The fourth-order valence-electron chi connectivity index (χ4n) is 1.00. The van der Waals surface area contributed by atoms with Gasteiger partial charge in [0.05, 0.1) is 0 Å². The van der Waals surface area contributed by atoms with Crippen LogP contribution in [0.25, 0.3) is 5.57 Å². The standard InChI is InChI=1S/C13H13Cl.C2H6/c1-10(2)4-5-11(3)12-6-8-13(14)9-7-12;1-2/h4-9H,1,3H2,2H3;1-2H3/b5-4-;. The van der Waals surface area contributed by atoms with Gasteiger partial charge in [-0.25, -0.2) is 0 Å². The molecule has 0 aromatic heterocycles. The van der Waals surface area contributed by atoms with E-state index in [1.807, 2.05) is 57.2 Å². The van der Waals surface area contributed by atoms with Crippen LogP contribution in [-0.4, -0.2) is 0 Å². The summed E-state index contributed by atoms with van der Waals surface area (Å²) in [6.45, 7) is 13.7. The van der Waals surface area contributed by atoms with Crippen LogP contribution in [0.3, 0.4) is 0 Å². The molecule has 0 fully saturated rings. The second-order valence-electron chi connectivity index (χ2n) is 3.21. The maximum atomic E-state index is 5.78. The Bertz CT molecular complexity index is 369. The molecule has 0 saturated heterocycles. The minimum atomic E-state index is 0.741. The second-order valence-corrected chi connectivity index (χ2v) is 3.65. The van der Waals surface area contributed by atoms with E-state index >= 15 is 0 Å². The maximum absolute atomic E-state index is 5.78. The highest BCUT2D eigenvalue weighted by Crippen LogP contribution is 2.17. The Hall–Kier alpha value is -1.27. The Morgan fingerprint density at radius 1 is 1.06 bits per heavy atom. The van der Waals surface area contributed by atoms with Crippen LogP contribution in [0, 0.1) is 0 Å². The maximum Gasteiger partial charge on any atom is 0.0406 e. The number of hydrogen-bond acceptors (Lipinski definition) is 0. The average molecular weight is 235 g/mol. The van der Waals surface area contributed by atoms with Gasteiger partial charge < -0.3 is 0 Å². The lowest BCUT2D eigenvalue weighted by Crippen LogP contribution is -1.77. The third-order valence-corrected chi connectivity index (χ3v) is 2.04. The van der Waals surface area contributed by atoms with Crippen molar-refractivity contribution in [2.75, 3.05) is 0 Å². The number of rotatable bonds is 3. The van der Waals surface area contributed by atoms with E-state index in [1.165, 1.54) is 0 Å². The van der Waals surface area contributed by atoms with Crippen molar-refractivity contribution in [2.24, 2.45) is 0 Å². The van der Waals surface area contributed by atoms with Crippen LogP contribution in [0.5, 0.6) is 0 Å². The summed E-state index contributed by atoms with van der Waals surface area (Å²) in [5.74, 6) is 0. The molecule has 0 unspecified atom stereocenters. The Labute approximate surface area is 104 Å². The van der Waals surface area contributed by atoms with E-state index in [0.717, 1.165) is 21.7 Å². The van der Waals surface area contributed by atoms with Gasteiger partial charge in [-0.1, -0.05) is 68.5 Å². The zero-order valence-electron chi connectivity index (χ0n) is 10.3. The van der Waals surface area contributed by atoms with Gasteiger partial charge >= 0.3 is 0 Å². The molecule has 0 heterocycles. The molecule has 1 heteroatoms. The highest BCUT2D eigenvalue weighted by molar-refractivity contribution is 6.30. The summed E-state index contributed by atoms with van der Waals surface area (Å²) in [5.41, 5.74) is 3.05. The van der Waals surface area contributed by atoms with Crippen LogP contribution in [0.1, 0.15) is 26.3 Å². The van der Waals surface area contributed by atoms with Gasteiger partial charge in [-0.15, -0.1) is 0 Å². The van der Waals surface area contributed by atoms with Gasteiger partial charge in [-0.3, -0.25) is 0 Å². The molecule has 0 aliphatic heterocycles. The van der Waals surface area contributed by atoms with E-state index in [4.69, 9.17) is 11.6 Å². The Morgan fingerprint density at radius 2 is 1.56 bits per heavy atom. The van der Waals surface area contributed by atoms with Gasteiger partial charge in [0.15, 0.2) is 0 Å². The SMILES string of the molecule is C=C(C)/C=C\C(=C)c1ccc(Cl)cc1.CC. The molecule has 0 radical (unpaired) electrons. The minimum Gasteiger partial charge on any atom is -0.0961 e. The number of benzene rings is 1. The fraction of sp³-hybridized carbons (Fsp3) is 0.200. The molecule has 0 aliphatic rings. The minimum absolute atomic E-state index is 0.741. The Kier molecular flexibility index (Phi) is 7.32. The van der Waals surface area contributed by atoms with Crippen molar-refractivity contribution in [2.45, 2.75) is 20.8 Å². The van der Waals surface area contributed by atoms with Crippen LogP contribution in [0.2, 0.25) is 5.02 Å². The highest BCUT2D eigenvalue weighted by atomic mass is 35.5. The zero-order chi connectivity index (χ0) is 12.6. The summed E-state index contributed by atoms with van der Waals surface area (Å²) in [5, 5.41) is 0.741. The molecular weight excluding hydrogens is 216 g/mol. The predicted octanol–water partition coefficient (Wildman–Crippen LogP) is 5.51. The normalized spacial score (nSPS) is 9.50. The van der Waals surface area contributed by atoms with Crippen LogP contribution in [-0.2, 0) is 0 Å². The van der Waals surface area contributed by atoms with Gasteiger partial charge in [-0.2, -0.15) is 0 Å². The molecule has 1 aromatic rings. The largest absolute Gasteiger partial charge is 0.0961 e. The van der Waals surface area contributed by atoms with Crippen molar-refractivity contribution < 1.29 is 0 Å². The molecule has 0 aliphatic carbocycles. The van der Waals surface area contributed by atoms with Gasteiger partial charge in [0.25, 0.3) is 0 Å². The molecule has 16 heavy (non-hydrogen) atoms. The van der Waals surface area contributed by atoms with E-state index in [0.29, 0.717) is 0 Å². The first kappa shape index (κ1) is 14.7. The second kappa shape index (κ2) is 7.95. The molecule has 0 amide bonds. The first-order chi connectivity index (χ1) is 7.59.